The number of nitrogens with one attached hydrogen (secondary N) is 2. The Morgan fingerprint density at radius 2 is 2.08 bits per heavy atom. The lowest BCUT2D eigenvalue weighted by Crippen LogP contribution is -2.40. The van der Waals surface area contributed by atoms with Gasteiger partial charge in [0.05, 0.1) is 25.6 Å². The highest BCUT2D eigenvalue weighted by Crippen LogP contribution is 2.45. The standard InChI is InChI=1S/C22H31ClFN6O6PS/c1-13(2)35-21(32)14(3)29-37(38,36-15-7-5-4-6-8-15)34-10-17(18(31)19(23)24)33-12-30-11-27-16-9-26-22(25)28-20(16)30/h4-8,11,13-14,17-19,31H,9-10,12H2,1-3H3,(H,29,38)(H3,25,26,28). The maximum absolute atomic E-state index is 13.9. The van der Waals surface area contributed by atoms with Gasteiger partial charge in [-0.25, -0.2) is 19.5 Å². The molecule has 0 aliphatic carbocycles. The molecule has 210 valence electrons. The Balaban J connectivity index is 1.74. The summed E-state index contributed by atoms with van der Waals surface area (Å²) in [4.78, 5) is 20.7. The Morgan fingerprint density at radius 1 is 1.37 bits per heavy atom. The van der Waals surface area contributed by atoms with E-state index in [1.54, 1.807) is 55.7 Å². The smallest absolute Gasteiger partial charge is 0.323 e. The number of carbonyl (C=O) groups excluding carboxylic acids is 1. The highest BCUT2D eigenvalue weighted by atomic mass is 35.5. The molecule has 5 atom stereocenters. The van der Waals surface area contributed by atoms with Gasteiger partial charge in [0, 0.05) is 0 Å². The van der Waals surface area contributed by atoms with Crippen LogP contribution in [0.5, 0.6) is 5.75 Å². The molecule has 0 amide bonds. The number of fused-ring (bicyclic) bond motifs is 1. The van der Waals surface area contributed by atoms with Crippen molar-refractivity contribution in [2.45, 2.75) is 64.0 Å². The van der Waals surface area contributed by atoms with Gasteiger partial charge >= 0.3 is 12.6 Å². The molecule has 1 aromatic heterocycles. The number of guanidine groups is 1. The number of anilines is 1. The third-order valence-electron chi connectivity index (χ3n) is 5.06. The molecule has 5 N–H and O–H groups in total. The zero-order valence-corrected chi connectivity index (χ0v) is 23.5. The zero-order chi connectivity index (χ0) is 27.9. The van der Waals surface area contributed by atoms with Crippen molar-refractivity contribution in [3.63, 3.8) is 0 Å². The van der Waals surface area contributed by atoms with Gasteiger partial charge in [0.2, 0.25) is 5.63 Å². The van der Waals surface area contributed by atoms with Crippen molar-refractivity contribution in [3.05, 3.63) is 42.4 Å². The summed E-state index contributed by atoms with van der Waals surface area (Å²) in [6, 6.07) is 7.69. The molecule has 2 heterocycles. The van der Waals surface area contributed by atoms with E-state index in [1.807, 2.05) is 0 Å². The number of aliphatic hydroxyl groups excluding tert-OH is 1. The number of ether oxygens (including phenoxy) is 2. The highest BCUT2D eigenvalue weighted by Gasteiger charge is 2.33. The largest absolute Gasteiger partial charge is 0.462 e. The first-order chi connectivity index (χ1) is 18.0. The van der Waals surface area contributed by atoms with Crippen molar-refractivity contribution >= 4 is 47.8 Å². The van der Waals surface area contributed by atoms with Gasteiger partial charge in [0.25, 0.3) is 0 Å². The molecule has 2 aromatic rings. The molecule has 5 unspecified atom stereocenters. The van der Waals surface area contributed by atoms with Crippen LogP contribution >= 0.6 is 18.2 Å². The van der Waals surface area contributed by atoms with E-state index in [9.17, 15) is 14.3 Å². The molecule has 0 spiro atoms. The molecule has 12 nitrogen and oxygen atoms in total. The Labute approximate surface area is 229 Å². The summed E-state index contributed by atoms with van der Waals surface area (Å²) in [5, 5.41) is 16.2. The Hall–Kier alpha value is -2.32. The summed E-state index contributed by atoms with van der Waals surface area (Å²) in [5.41, 5.74) is 4.21. The third-order valence-corrected chi connectivity index (χ3v) is 7.82. The van der Waals surface area contributed by atoms with Crippen LogP contribution in [0.3, 0.4) is 0 Å². The Kier molecular flexibility index (Phi) is 10.9. The van der Waals surface area contributed by atoms with Crippen LogP contribution in [0.4, 0.5) is 10.2 Å². The molecule has 0 radical (unpaired) electrons. The summed E-state index contributed by atoms with van der Waals surface area (Å²) in [5.74, 6) is 0.568. The lowest BCUT2D eigenvalue weighted by Gasteiger charge is -2.30. The molecule has 1 aliphatic rings. The van der Waals surface area contributed by atoms with E-state index in [0.717, 1.165) is 0 Å². The number of aliphatic hydroxyl groups is 1. The molecule has 0 bridgehead atoms. The van der Waals surface area contributed by atoms with E-state index in [1.165, 1.54) is 6.33 Å². The minimum absolute atomic E-state index is 0.162. The van der Waals surface area contributed by atoms with E-state index in [-0.39, 0.29) is 25.3 Å². The van der Waals surface area contributed by atoms with Gasteiger partial charge in [-0.15, -0.1) is 0 Å². The van der Waals surface area contributed by atoms with Gasteiger partial charge in [-0.1, -0.05) is 29.8 Å². The van der Waals surface area contributed by atoms with Gasteiger partial charge in [-0.05, 0) is 44.7 Å². The number of hydrogen-bond acceptors (Lipinski definition) is 11. The molecule has 1 aliphatic heterocycles. The monoisotopic (exact) mass is 592 g/mol. The minimum Gasteiger partial charge on any atom is -0.462 e. The second-order valence-corrected chi connectivity index (χ2v) is 12.1. The lowest BCUT2D eigenvalue weighted by atomic mass is 10.2. The summed E-state index contributed by atoms with van der Waals surface area (Å²) >= 11 is 11.2. The SMILES string of the molecule is CC(C)OC(=O)C(C)NP(=S)(OCC(OCn1cnc2c1NC(N)=NC2)C(O)C(F)Cl)Oc1ccccc1. The predicted octanol–water partition coefficient (Wildman–Crippen LogP) is 2.61. The van der Waals surface area contributed by atoms with Gasteiger partial charge < -0.3 is 34.7 Å². The molecular weight excluding hydrogens is 562 g/mol. The number of rotatable bonds is 14. The number of nitrogens with two attached hydrogens (primary N) is 1. The molecule has 38 heavy (non-hydrogen) atoms. The summed E-state index contributed by atoms with van der Waals surface area (Å²) in [6.07, 6.45) is -1.92. The second kappa shape index (κ2) is 13.7. The average Bonchev–Trinajstić information content (AvgIpc) is 3.25. The quantitative estimate of drug-likeness (QED) is 0.145. The third kappa shape index (κ3) is 8.60. The summed E-state index contributed by atoms with van der Waals surface area (Å²) in [7, 11) is 0. The van der Waals surface area contributed by atoms with Crippen LogP contribution < -0.4 is 20.7 Å². The van der Waals surface area contributed by atoms with Gasteiger partial charge in [-0.2, -0.15) is 0 Å². The van der Waals surface area contributed by atoms with Crippen LogP contribution in [0.25, 0.3) is 0 Å². The van der Waals surface area contributed by atoms with Crippen molar-refractivity contribution in [2.24, 2.45) is 10.7 Å². The number of para-hydroxylation sites is 1. The van der Waals surface area contributed by atoms with Crippen molar-refractivity contribution < 1.29 is 32.8 Å². The van der Waals surface area contributed by atoms with Crippen molar-refractivity contribution in [1.29, 1.82) is 0 Å². The number of aromatic nitrogens is 2. The van der Waals surface area contributed by atoms with Gasteiger partial charge in [0.15, 0.2) is 5.96 Å². The number of halogens is 2. The fraction of sp³-hybridized carbons (Fsp3) is 0.500. The number of nitrogens with zero attached hydrogens (tertiary/aromatic N) is 3. The maximum atomic E-state index is 13.9. The highest BCUT2D eigenvalue weighted by molar-refractivity contribution is 8.09. The number of alkyl halides is 2. The van der Waals surface area contributed by atoms with Crippen LogP contribution in [0, 0.1) is 0 Å². The van der Waals surface area contributed by atoms with Crippen LogP contribution in [0.1, 0.15) is 26.5 Å². The number of hydrogen-bond donors (Lipinski definition) is 4. The molecule has 16 heteroatoms. The predicted molar refractivity (Wildman–Crippen MR) is 144 cm³/mol. The molecular formula is C22H31ClFN6O6PS. The molecule has 1 aromatic carbocycles. The number of imidazole rings is 1. The second-order valence-electron chi connectivity index (χ2n) is 8.53. The van der Waals surface area contributed by atoms with Crippen molar-refractivity contribution in [1.82, 2.24) is 14.6 Å². The zero-order valence-electron chi connectivity index (χ0n) is 21.0. The minimum atomic E-state index is -3.47. The number of aliphatic imine (C=N–C) groups is 1. The van der Waals surface area contributed by atoms with E-state index in [0.29, 0.717) is 17.3 Å². The first-order valence-corrected chi connectivity index (χ1v) is 14.7. The molecule has 0 saturated carbocycles. The van der Waals surface area contributed by atoms with E-state index in [2.05, 4.69) is 20.4 Å². The number of benzene rings is 1. The lowest BCUT2D eigenvalue weighted by molar-refractivity contribution is -0.149. The summed E-state index contributed by atoms with van der Waals surface area (Å²) < 4.78 is 38.3. The van der Waals surface area contributed by atoms with E-state index in [4.69, 9.17) is 47.7 Å². The number of esters is 1. The first-order valence-electron chi connectivity index (χ1n) is 11.6. The first kappa shape index (κ1) is 30.2. The Morgan fingerprint density at radius 3 is 2.74 bits per heavy atom. The average molecular weight is 593 g/mol. The number of carbonyl (C=O) groups is 1. The van der Waals surface area contributed by atoms with Crippen molar-refractivity contribution in [2.75, 3.05) is 11.9 Å². The molecule has 0 saturated heterocycles. The van der Waals surface area contributed by atoms with Gasteiger partial charge in [-0.3, -0.25) is 9.36 Å². The van der Waals surface area contributed by atoms with Gasteiger partial charge in [0.1, 0.15) is 42.2 Å². The van der Waals surface area contributed by atoms with Crippen LogP contribution in [-0.4, -0.2) is 63.2 Å². The van der Waals surface area contributed by atoms with E-state index < -0.39 is 43.1 Å². The maximum Gasteiger partial charge on any atom is 0.323 e. The van der Waals surface area contributed by atoms with Crippen molar-refractivity contribution in [3.8, 4) is 5.75 Å². The van der Waals surface area contributed by atoms with E-state index >= 15 is 0 Å². The van der Waals surface area contributed by atoms with Crippen LogP contribution in [-0.2, 0) is 43.9 Å². The topological polar surface area (TPSA) is 154 Å². The normalized spacial score (nSPS) is 17.8. The van der Waals surface area contributed by atoms with Crippen LogP contribution in [0.2, 0.25) is 0 Å². The fourth-order valence-electron chi connectivity index (χ4n) is 3.19. The Bertz CT molecular complexity index is 1160. The summed E-state index contributed by atoms with van der Waals surface area (Å²) in [6.45, 7) is 1.21. The van der Waals surface area contributed by atoms with Crippen LogP contribution in [0.15, 0.2) is 41.7 Å². The fourth-order valence-corrected chi connectivity index (χ4v) is 5.77. The molecule has 0 fully saturated rings. The molecule has 3 rings (SSSR count).